The molecule has 1 saturated carbocycles. The average Bonchev–Trinajstić information content (AvgIpc) is 3.27. The van der Waals surface area contributed by atoms with E-state index in [0.29, 0.717) is 12.6 Å². The fourth-order valence-corrected chi connectivity index (χ4v) is 3.60. The highest BCUT2D eigenvalue weighted by Gasteiger charge is 2.39. The number of nitrogens with one attached hydrogen (secondary N) is 1. The van der Waals surface area contributed by atoms with Crippen molar-refractivity contribution in [3.63, 3.8) is 0 Å². The van der Waals surface area contributed by atoms with Crippen LogP contribution in [0.15, 0.2) is 18.2 Å². The number of benzene rings is 1. The molecule has 3 rings (SSSR count). The first-order chi connectivity index (χ1) is 11.6. The van der Waals surface area contributed by atoms with Gasteiger partial charge < -0.3 is 14.8 Å². The number of rotatable bonds is 7. The Morgan fingerprint density at radius 3 is 2.71 bits per heavy atom. The standard InChI is InChI=1S/C19H28N2O3/c1-13-8-14(4-7-18(13)24-3)9-21-10-15(12-23-2)17(11-21)19(22)20-16-5-6-16/h4,7-8,15-17H,5-6,9-12H2,1-3H3,(H,20,22)/t15-,17+/m0/s1. The Labute approximate surface area is 144 Å². The lowest BCUT2D eigenvalue weighted by atomic mass is 9.96. The zero-order valence-electron chi connectivity index (χ0n) is 14.9. The molecular weight excluding hydrogens is 304 g/mol. The summed E-state index contributed by atoms with van der Waals surface area (Å²) in [6, 6.07) is 6.71. The highest BCUT2D eigenvalue weighted by atomic mass is 16.5. The number of hydrogen-bond donors (Lipinski definition) is 1. The summed E-state index contributed by atoms with van der Waals surface area (Å²) in [5.41, 5.74) is 2.40. The van der Waals surface area contributed by atoms with E-state index in [9.17, 15) is 4.79 Å². The Kier molecular flexibility index (Phi) is 5.41. The van der Waals surface area contributed by atoms with Gasteiger partial charge in [0.2, 0.25) is 5.91 Å². The van der Waals surface area contributed by atoms with Crippen LogP contribution < -0.4 is 10.1 Å². The van der Waals surface area contributed by atoms with Crippen molar-refractivity contribution in [3.05, 3.63) is 29.3 Å². The second-order valence-electron chi connectivity index (χ2n) is 7.10. The first kappa shape index (κ1) is 17.2. The highest BCUT2D eigenvalue weighted by Crippen LogP contribution is 2.28. The Morgan fingerprint density at radius 1 is 1.29 bits per heavy atom. The van der Waals surface area contributed by atoms with Crippen molar-refractivity contribution in [2.45, 2.75) is 32.4 Å². The molecule has 1 aliphatic carbocycles. The van der Waals surface area contributed by atoms with Crippen LogP contribution in [0, 0.1) is 18.8 Å². The van der Waals surface area contributed by atoms with Crippen LogP contribution in [0.2, 0.25) is 0 Å². The van der Waals surface area contributed by atoms with Crippen LogP contribution in [0.3, 0.4) is 0 Å². The summed E-state index contributed by atoms with van der Waals surface area (Å²) in [6.07, 6.45) is 2.25. The molecule has 5 heteroatoms. The molecule has 1 saturated heterocycles. The van der Waals surface area contributed by atoms with Crippen molar-refractivity contribution in [3.8, 4) is 5.75 Å². The second kappa shape index (κ2) is 7.53. The van der Waals surface area contributed by atoms with Crippen LogP contribution in [0.1, 0.15) is 24.0 Å². The molecule has 1 aliphatic heterocycles. The van der Waals surface area contributed by atoms with Crippen molar-refractivity contribution in [2.75, 3.05) is 33.9 Å². The summed E-state index contributed by atoms with van der Waals surface area (Å²) in [7, 11) is 3.41. The zero-order valence-corrected chi connectivity index (χ0v) is 14.9. The number of methoxy groups -OCH3 is 2. The number of nitrogens with zero attached hydrogens (tertiary/aromatic N) is 1. The Hall–Kier alpha value is -1.59. The number of carbonyl (C=O) groups is 1. The van der Waals surface area contributed by atoms with Gasteiger partial charge in [0.1, 0.15) is 5.75 Å². The van der Waals surface area contributed by atoms with E-state index in [-0.39, 0.29) is 17.7 Å². The summed E-state index contributed by atoms with van der Waals surface area (Å²) >= 11 is 0. The number of aryl methyl sites for hydroxylation is 1. The van der Waals surface area contributed by atoms with Crippen LogP contribution in [-0.4, -0.2) is 50.8 Å². The molecule has 0 radical (unpaired) electrons. The summed E-state index contributed by atoms with van der Waals surface area (Å²) in [5, 5.41) is 3.16. The molecular formula is C19H28N2O3. The fraction of sp³-hybridized carbons (Fsp3) is 0.632. The van der Waals surface area contributed by atoms with E-state index in [2.05, 4.69) is 29.3 Å². The van der Waals surface area contributed by atoms with E-state index < -0.39 is 0 Å². The predicted octanol–water partition coefficient (Wildman–Crippen LogP) is 1.98. The minimum atomic E-state index is 0.0323. The van der Waals surface area contributed by atoms with E-state index in [4.69, 9.17) is 9.47 Å². The Bertz CT molecular complexity index is 586. The zero-order chi connectivity index (χ0) is 17.1. The molecule has 0 unspecified atom stereocenters. The third-order valence-corrected chi connectivity index (χ3v) is 5.02. The monoisotopic (exact) mass is 332 g/mol. The van der Waals surface area contributed by atoms with Gasteiger partial charge in [0.25, 0.3) is 0 Å². The number of hydrogen-bond acceptors (Lipinski definition) is 4. The second-order valence-corrected chi connectivity index (χ2v) is 7.10. The van der Waals surface area contributed by atoms with Gasteiger partial charge in [-0.15, -0.1) is 0 Å². The molecule has 2 atom stereocenters. The van der Waals surface area contributed by atoms with Crippen molar-refractivity contribution < 1.29 is 14.3 Å². The van der Waals surface area contributed by atoms with E-state index in [1.165, 1.54) is 5.56 Å². The van der Waals surface area contributed by atoms with Crippen molar-refractivity contribution >= 4 is 5.91 Å². The Morgan fingerprint density at radius 2 is 2.08 bits per heavy atom. The van der Waals surface area contributed by atoms with E-state index >= 15 is 0 Å². The maximum absolute atomic E-state index is 12.5. The van der Waals surface area contributed by atoms with Gasteiger partial charge in [0, 0.05) is 38.7 Å². The number of ether oxygens (including phenoxy) is 2. The van der Waals surface area contributed by atoms with Gasteiger partial charge in [-0.2, -0.15) is 0 Å². The first-order valence-electron chi connectivity index (χ1n) is 8.76. The molecule has 5 nitrogen and oxygen atoms in total. The molecule has 2 fully saturated rings. The number of amides is 1. The minimum Gasteiger partial charge on any atom is -0.496 e. The normalized spacial score (nSPS) is 24.1. The smallest absolute Gasteiger partial charge is 0.225 e. The van der Waals surface area contributed by atoms with E-state index in [1.807, 2.05) is 6.07 Å². The van der Waals surface area contributed by atoms with Gasteiger partial charge in [-0.05, 0) is 37.0 Å². The maximum atomic E-state index is 12.5. The minimum absolute atomic E-state index is 0.0323. The van der Waals surface area contributed by atoms with Gasteiger partial charge in [0.15, 0.2) is 0 Å². The van der Waals surface area contributed by atoms with E-state index in [1.54, 1.807) is 14.2 Å². The van der Waals surface area contributed by atoms with Crippen LogP contribution in [0.4, 0.5) is 0 Å². The SMILES string of the molecule is COC[C@@H]1CN(Cc2ccc(OC)c(C)c2)C[C@H]1C(=O)NC1CC1. The number of carbonyl (C=O) groups excluding carboxylic acids is 1. The van der Waals surface area contributed by atoms with Crippen LogP contribution in [-0.2, 0) is 16.1 Å². The molecule has 1 amide bonds. The molecule has 24 heavy (non-hydrogen) atoms. The topological polar surface area (TPSA) is 50.8 Å². The van der Waals surface area contributed by atoms with Gasteiger partial charge in [-0.1, -0.05) is 12.1 Å². The predicted molar refractivity (Wildman–Crippen MR) is 93.0 cm³/mol. The van der Waals surface area contributed by atoms with E-state index in [0.717, 1.165) is 43.8 Å². The maximum Gasteiger partial charge on any atom is 0.225 e. The fourth-order valence-electron chi connectivity index (χ4n) is 3.60. The third-order valence-electron chi connectivity index (χ3n) is 5.02. The first-order valence-corrected chi connectivity index (χ1v) is 8.76. The molecule has 1 N–H and O–H groups in total. The summed E-state index contributed by atoms with van der Waals surface area (Å²) < 4.78 is 10.7. The summed E-state index contributed by atoms with van der Waals surface area (Å²) in [5.74, 6) is 1.42. The molecule has 0 spiro atoms. The van der Waals surface area contributed by atoms with Crippen LogP contribution in [0.25, 0.3) is 0 Å². The summed E-state index contributed by atoms with van der Waals surface area (Å²) in [6.45, 7) is 5.27. The molecule has 1 aromatic carbocycles. The molecule has 0 aromatic heterocycles. The summed E-state index contributed by atoms with van der Waals surface area (Å²) in [4.78, 5) is 14.9. The third kappa shape index (κ3) is 4.08. The van der Waals surface area contributed by atoms with Gasteiger partial charge in [0.05, 0.1) is 19.6 Å². The molecule has 1 aromatic rings. The van der Waals surface area contributed by atoms with Gasteiger partial charge in [-0.25, -0.2) is 0 Å². The lowest BCUT2D eigenvalue weighted by Crippen LogP contribution is -2.37. The molecule has 132 valence electrons. The van der Waals surface area contributed by atoms with Crippen molar-refractivity contribution in [1.29, 1.82) is 0 Å². The Balaban J connectivity index is 1.63. The lowest BCUT2D eigenvalue weighted by Gasteiger charge is -2.17. The van der Waals surface area contributed by atoms with Gasteiger partial charge in [-0.3, -0.25) is 9.69 Å². The largest absolute Gasteiger partial charge is 0.496 e. The molecule has 1 heterocycles. The molecule has 0 bridgehead atoms. The van der Waals surface area contributed by atoms with Gasteiger partial charge >= 0.3 is 0 Å². The van der Waals surface area contributed by atoms with Crippen molar-refractivity contribution in [1.82, 2.24) is 10.2 Å². The van der Waals surface area contributed by atoms with Crippen LogP contribution in [0.5, 0.6) is 5.75 Å². The van der Waals surface area contributed by atoms with Crippen LogP contribution >= 0.6 is 0 Å². The highest BCUT2D eigenvalue weighted by molar-refractivity contribution is 5.80. The molecule has 2 aliphatic rings. The quantitative estimate of drug-likeness (QED) is 0.829. The number of likely N-dealkylation sites (tertiary alicyclic amines) is 1. The van der Waals surface area contributed by atoms with Crippen molar-refractivity contribution in [2.24, 2.45) is 11.8 Å². The average molecular weight is 332 g/mol. The lowest BCUT2D eigenvalue weighted by molar-refractivity contribution is -0.126.